The smallest absolute Gasteiger partial charge is 0.326 e. The van der Waals surface area contributed by atoms with Crippen LogP contribution in [0.1, 0.15) is 30.7 Å². The summed E-state index contributed by atoms with van der Waals surface area (Å²) in [4.78, 5) is 23.2. The highest BCUT2D eigenvalue weighted by molar-refractivity contribution is 5.85. The van der Waals surface area contributed by atoms with Gasteiger partial charge < -0.3 is 15.7 Å². The largest absolute Gasteiger partial charge is 0.480 e. The average molecular weight is 274 g/mol. The monoisotopic (exact) mass is 274 g/mol. The molecule has 3 N–H and O–H groups in total. The Morgan fingerprint density at radius 3 is 2.80 bits per heavy atom. The van der Waals surface area contributed by atoms with Crippen LogP contribution in [0.25, 0.3) is 0 Å². The second-order valence-electron chi connectivity index (χ2n) is 5.59. The van der Waals surface area contributed by atoms with Crippen LogP contribution in [0.3, 0.4) is 0 Å². The molecule has 5 nitrogen and oxygen atoms in total. The van der Waals surface area contributed by atoms with E-state index in [2.05, 4.69) is 10.6 Å². The highest BCUT2D eigenvalue weighted by Gasteiger charge is 2.37. The van der Waals surface area contributed by atoms with E-state index in [1.54, 1.807) is 0 Å². The van der Waals surface area contributed by atoms with Crippen molar-refractivity contribution < 1.29 is 14.7 Å². The van der Waals surface area contributed by atoms with Crippen molar-refractivity contribution in [1.82, 2.24) is 5.32 Å². The zero-order valence-corrected chi connectivity index (χ0v) is 11.1. The molecule has 0 spiro atoms. The van der Waals surface area contributed by atoms with E-state index in [-0.39, 0.29) is 17.7 Å². The number of rotatable bonds is 5. The fourth-order valence-electron chi connectivity index (χ4n) is 2.81. The van der Waals surface area contributed by atoms with Gasteiger partial charge in [0.05, 0.1) is 0 Å². The molecule has 2 aliphatic rings. The van der Waals surface area contributed by atoms with Gasteiger partial charge in [-0.25, -0.2) is 4.79 Å². The fourth-order valence-corrected chi connectivity index (χ4v) is 2.81. The maximum absolute atomic E-state index is 12.1. The molecule has 3 rings (SSSR count). The van der Waals surface area contributed by atoms with Crippen LogP contribution in [0.15, 0.2) is 24.3 Å². The SMILES string of the molecule is O=C(CC1CNc2ccccc21)NC(C(=O)O)C1CC1. The lowest BCUT2D eigenvalue weighted by Gasteiger charge is -2.15. The van der Waals surface area contributed by atoms with Gasteiger partial charge in [0.2, 0.25) is 5.91 Å². The molecule has 1 aromatic rings. The van der Waals surface area contributed by atoms with Gasteiger partial charge in [0, 0.05) is 24.6 Å². The Morgan fingerprint density at radius 2 is 2.10 bits per heavy atom. The number of benzene rings is 1. The number of hydrogen-bond donors (Lipinski definition) is 3. The Balaban J connectivity index is 1.61. The predicted octanol–water partition coefficient (Wildman–Crippen LogP) is 1.57. The van der Waals surface area contributed by atoms with E-state index < -0.39 is 12.0 Å². The van der Waals surface area contributed by atoms with Gasteiger partial charge in [0.15, 0.2) is 0 Å². The minimum absolute atomic E-state index is 0.116. The maximum atomic E-state index is 12.1. The summed E-state index contributed by atoms with van der Waals surface area (Å²) in [5.41, 5.74) is 2.21. The first-order valence-corrected chi connectivity index (χ1v) is 7.00. The van der Waals surface area contributed by atoms with Gasteiger partial charge in [-0.2, -0.15) is 0 Å². The summed E-state index contributed by atoms with van der Waals surface area (Å²) in [5, 5.41) is 15.1. The molecule has 2 atom stereocenters. The van der Waals surface area contributed by atoms with Crippen molar-refractivity contribution in [2.45, 2.75) is 31.2 Å². The van der Waals surface area contributed by atoms with Crippen LogP contribution in [-0.2, 0) is 9.59 Å². The van der Waals surface area contributed by atoms with Gasteiger partial charge in [-0.3, -0.25) is 4.79 Å². The van der Waals surface area contributed by atoms with Gasteiger partial charge in [0.1, 0.15) is 6.04 Å². The normalized spacial score (nSPS) is 21.7. The molecule has 0 bridgehead atoms. The summed E-state index contributed by atoms with van der Waals surface area (Å²) in [6.45, 7) is 0.730. The number of anilines is 1. The Labute approximate surface area is 117 Å². The van der Waals surface area contributed by atoms with Crippen molar-refractivity contribution in [2.75, 3.05) is 11.9 Å². The van der Waals surface area contributed by atoms with Crippen LogP contribution in [0.2, 0.25) is 0 Å². The van der Waals surface area contributed by atoms with Crippen LogP contribution in [0.4, 0.5) is 5.69 Å². The van der Waals surface area contributed by atoms with E-state index in [1.807, 2.05) is 24.3 Å². The topological polar surface area (TPSA) is 78.4 Å². The molecule has 0 radical (unpaired) electrons. The molecule has 1 aliphatic heterocycles. The van der Waals surface area contributed by atoms with E-state index in [1.165, 1.54) is 0 Å². The minimum Gasteiger partial charge on any atom is -0.480 e. The Bertz CT molecular complexity index is 540. The fraction of sp³-hybridized carbons (Fsp3) is 0.467. The average Bonchev–Trinajstić information content (AvgIpc) is 3.19. The molecule has 1 heterocycles. The van der Waals surface area contributed by atoms with E-state index in [4.69, 9.17) is 5.11 Å². The van der Waals surface area contributed by atoms with Crippen LogP contribution in [0, 0.1) is 5.92 Å². The number of carbonyl (C=O) groups is 2. The van der Waals surface area contributed by atoms with Gasteiger partial charge in [-0.15, -0.1) is 0 Å². The van der Waals surface area contributed by atoms with Gasteiger partial charge in [-0.05, 0) is 30.4 Å². The summed E-state index contributed by atoms with van der Waals surface area (Å²) >= 11 is 0. The summed E-state index contributed by atoms with van der Waals surface area (Å²) in [6, 6.07) is 7.22. The second kappa shape index (κ2) is 5.15. The molecule has 1 fully saturated rings. The van der Waals surface area contributed by atoms with Crippen molar-refractivity contribution in [3.8, 4) is 0 Å². The molecular weight excluding hydrogens is 256 g/mol. The minimum atomic E-state index is -0.925. The van der Waals surface area contributed by atoms with Crippen molar-refractivity contribution in [1.29, 1.82) is 0 Å². The third-order valence-electron chi connectivity index (χ3n) is 4.05. The van der Waals surface area contributed by atoms with Crippen LogP contribution < -0.4 is 10.6 Å². The first kappa shape index (κ1) is 13.0. The lowest BCUT2D eigenvalue weighted by molar-refractivity contribution is -0.142. The first-order valence-electron chi connectivity index (χ1n) is 7.00. The number of para-hydroxylation sites is 1. The number of amides is 1. The van der Waals surface area contributed by atoms with Crippen molar-refractivity contribution in [3.05, 3.63) is 29.8 Å². The van der Waals surface area contributed by atoms with Crippen molar-refractivity contribution in [3.63, 3.8) is 0 Å². The van der Waals surface area contributed by atoms with Gasteiger partial charge in [-0.1, -0.05) is 18.2 Å². The molecule has 0 aromatic heterocycles. The molecular formula is C15H18N2O3. The second-order valence-corrected chi connectivity index (χ2v) is 5.59. The van der Waals surface area contributed by atoms with Crippen molar-refractivity contribution >= 4 is 17.6 Å². The quantitative estimate of drug-likeness (QED) is 0.761. The van der Waals surface area contributed by atoms with E-state index in [9.17, 15) is 9.59 Å². The third kappa shape index (κ3) is 2.61. The zero-order valence-electron chi connectivity index (χ0n) is 11.1. The summed E-state index contributed by atoms with van der Waals surface area (Å²) in [7, 11) is 0. The Kier molecular flexibility index (Phi) is 3.34. The summed E-state index contributed by atoms with van der Waals surface area (Å²) in [6.07, 6.45) is 2.12. The van der Waals surface area contributed by atoms with Gasteiger partial charge in [0.25, 0.3) is 0 Å². The van der Waals surface area contributed by atoms with E-state index in [0.717, 1.165) is 30.6 Å². The van der Waals surface area contributed by atoms with E-state index >= 15 is 0 Å². The maximum Gasteiger partial charge on any atom is 0.326 e. The molecule has 0 saturated heterocycles. The summed E-state index contributed by atoms with van der Waals surface area (Å²) < 4.78 is 0. The zero-order chi connectivity index (χ0) is 14.1. The van der Waals surface area contributed by atoms with E-state index in [0.29, 0.717) is 6.42 Å². The predicted molar refractivity (Wildman–Crippen MR) is 74.6 cm³/mol. The first-order chi connectivity index (χ1) is 9.65. The van der Waals surface area contributed by atoms with Gasteiger partial charge >= 0.3 is 5.97 Å². The lowest BCUT2D eigenvalue weighted by atomic mass is 9.97. The highest BCUT2D eigenvalue weighted by atomic mass is 16.4. The molecule has 1 amide bonds. The number of aliphatic carboxylic acids is 1. The third-order valence-corrected chi connectivity index (χ3v) is 4.05. The molecule has 20 heavy (non-hydrogen) atoms. The standard InChI is InChI=1S/C15H18N2O3/c18-13(17-14(15(19)20)9-5-6-9)7-10-8-16-12-4-2-1-3-11(10)12/h1-4,9-10,14,16H,5-8H2,(H,17,18)(H,19,20). The summed E-state index contributed by atoms with van der Waals surface area (Å²) in [5.74, 6) is -0.858. The van der Waals surface area contributed by atoms with Crippen LogP contribution >= 0.6 is 0 Å². The highest BCUT2D eigenvalue weighted by Crippen LogP contribution is 2.34. The number of nitrogens with one attached hydrogen (secondary N) is 2. The number of fused-ring (bicyclic) bond motifs is 1. The number of carboxylic acid groups (broad SMARTS) is 1. The molecule has 106 valence electrons. The Hall–Kier alpha value is -2.04. The molecule has 1 saturated carbocycles. The molecule has 1 aromatic carbocycles. The number of carbonyl (C=O) groups excluding carboxylic acids is 1. The number of hydrogen-bond acceptors (Lipinski definition) is 3. The van der Waals surface area contributed by atoms with Crippen molar-refractivity contribution in [2.24, 2.45) is 5.92 Å². The van der Waals surface area contributed by atoms with Crippen LogP contribution in [0.5, 0.6) is 0 Å². The lowest BCUT2D eigenvalue weighted by Crippen LogP contribution is -2.42. The van der Waals surface area contributed by atoms with Crippen LogP contribution in [-0.4, -0.2) is 29.6 Å². The molecule has 1 aliphatic carbocycles. The molecule has 2 unspecified atom stereocenters. The number of carboxylic acids is 1. The molecule has 5 heteroatoms. The Morgan fingerprint density at radius 1 is 1.35 bits per heavy atom.